The van der Waals surface area contributed by atoms with Crippen LogP contribution in [-0.2, 0) is 6.54 Å². The van der Waals surface area contributed by atoms with Crippen LogP contribution in [-0.4, -0.2) is 47.2 Å². The molecular formula is C21H29N3O. The van der Waals surface area contributed by atoms with Crippen LogP contribution in [0.1, 0.15) is 43.4 Å². The van der Waals surface area contributed by atoms with Gasteiger partial charge in [-0.1, -0.05) is 41.4 Å². The Morgan fingerprint density at radius 3 is 2.64 bits per heavy atom. The molecule has 2 fully saturated rings. The van der Waals surface area contributed by atoms with Crippen LogP contribution in [0.25, 0.3) is 11.3 Å². The minimum atomic E-state index is 0.672. The maximum Gasteiger partial charge on any atom is 0.151 e. The molecule has 2 aliphatic rings. The van der Waals surface area contributed by atoms with E-state index in [-0.39, 0.29) is 0 Å². The first-order chi connectivity index (χ1) is 12.3. The zero-order valence-electron chi connectivity index (χ0n) is 15.3. The molecule has 0 N–H and O–H groups in total. The Kier molecular flexibility index (Phi) is 5.18. The molecule has 1 aromatic carbocycles. The van der Waals surface area contributed by atoms with Crippen molar-refractivity contribution in [2.75, 3.05) is 26.2 Å². The first-order valence-corrected chi connectivity index (χ1v) is 9.77. The van der Waals surface area contributed by atoms with Crippen LogP contribution < -0.4 is 0 Å². The summed E-state index contributed by atoms with van der Waals surface area (Å²) in [6, 6.07) is 11.3. The van der Waals surface area contributed by atoms with Crippen LogP contribution in [0.5, 0.6) is 0 Å². The molecule has 0 radical (unpaired) electrons. The third kappa shape index (κ3) is 4.13. The fraction of sp³-hybridized carbons (Fsp3) is 0.571. The lowest BCUT2D eigenvalue weighted by atomic mass is 10.1. The van der Waals surface area contributed by atoms with Gasteiger partial charge in [-0.05, 0) is 52.2 Å². The third-order valence-corrected chi connectivity index (χ3v) is 5.68. The largest absolute Gasteiger partial charge is 0.359 e. The van der Waals surface area contributed by atoms with Crippen molar-refractivity contribution in [3.8, 4) is 11.3 Å². The number of likely N-dealkylation sites (tertiary alicyclic amines) is 2. The lowest BCUT2D eigenvalue weighted by Gasteiger charge is -2.32. The molecule has 134 valence electrons. The summed E-state index contributed by atoms with van der Waals surface area (Å²) < 4.78 is 5.64. The molecule has 4 heteroatoms. The number of benzene rings is 1. The molecule has 0 amide bonds. The smallest absolute Gasteiger partial charge is 0.151 e. The highest BCUT2D eigenvalue weighted by Gasteiger charge is 2.28. The van der Waals surface area contributed by atoms with Gasteiger partial charge in [0.05, 0.1) is 6.54 Å². The minimum Gasteiger partial charge on any atom is -0.359 e. The SMILES string of the molecule is Cc1ccc(-c2cc(CN3CCCC3CN3CCCCC3)on2)cc1. The van der Waals surface area contributed by atoms with Gasteiger partial charge in [0.2, 0.25) is 0 Å². The number of piperidine rings is 1. The van der Waals surface area contributed by atoms with Gasteiger partial charge in [0.1, 0.15) is 5.69 Å². The van der Waals surface area contributed by atoms with Crippen LogP contribution in [0.3, 0.4) is 0 Å². The molecule has 1 unspecified atom stereocenters. The highest BCUT2D eigenvalue weighted by atomic mass is 16.5. The zero-order valence-corrected chi connectivity index (χ0v) is 15.3. The number of nitrogens with zero attached hydrogens (tertiary/aromatic N) is 3. The average Bonchev–Trinajstić information content (AvgIpc) is 3.27. The van der Waals surface area contributed by atoms with Crippen molar-refractivity contribution in [1.29, 1.82) is 0 Å². The van der Waals surface area contributed by atoms with Gasteiger partial charge in [0.15, 0.2) is 5.76 Å². The van der Waals surface area contributed by atoms with E-state index in [0.29, 0.717) is 6.04 Å². The molecule has 2 aromatic rings. The van der Waals surface area contributed by atoms with Crippen molar-refractivity contribution in [2.45, 2.75) is 51.6 Å². The molecule has 1 aromatic heterocycles. The van der Waals surface area contributed by atoms with E-state index in [1.807, 2.05) is 0 Å². The maximum absolute atomic E-state index is 5.64. The molecule has 3 heterocycles. The van der Waals surface area contributed by atoms with Gasteiger partial charge in [0.25, 0.3) is 0 Å². The van der Waals surface area contributed by atoms with E-state index in [1.165, 1.54) is 63.8 Å². The van der Waals surface area contributed by atoms with E-state index in [9.17, 15) is 0 Å². The first kappa shape index (κ1) is 16.8. The topological polar surface area (TPSA) is 32.5 Å². The second-order valence-electron chi connectivity index (χ2n) is 7.67. The Morgan fingerprint density at radius 2 is 1.84 bits per heavy atom. The summed E-state index contributed by atoms with van der Waals surface area (Å²) >= 11 is 0. The van der Waals surface area contributed by atoms with E-state index in [4.69, 9.17) is 4.52 Å². The van der Waals surface area contributed by atoms with Crippen molar-refractivity contribution in [3.63, 3.8) is 0 Å². The normalized spacial score (nSPS) is 22.5. The fourth-order valence-electron chi connectivity index (χ4n) is 4.20. The Morgan fingerprint density at radius 1 is 1.04 bits per heavy atom. The molecule has 4 nitrogen and oxygen atoms in total. The number of hydrogen-bond donors (Lipinski definition) is 0. The monoisotopic (exact) mass is 339 g/mol. The van der Waals surface area contributed by atoms with E-state index >= 15 is 0 Å². The highest BCUT2D eigenvalue weighted by molar-refractivity contribution is 5.59. The number of rotatable bonds is 5. The number of aryl methyl sites for hydroxylation is 1. The van der Waals surface area contributed by atoms with E-state index in [0.717, 1.165) is 23.6 Å². The molecule has 2 saturated heterocycles. The predicted molar refractivity (Wildman–Crippen MR) is 100 cm³/mol. The summed E-state index contributed by atoms with van der Waals surface area (Å²) in [5.74, 6) is 0.987. The zero-order chi connectivity index (χ0) is 17.1. The van der Waals surface area contributed by atoms with Crippen LogP contribution in [0, 0.1) is 6.92 Å². The Bertz CT molecular complexity index is 673. The van der Waals surface area contributed by atoms with Gasteiger partial charge in [-0.3, -0.25) is 4.90 Å². The van der Waals surface area contributed by atoms with Crippen molar-refractivity contribution >= 4 is 0 Å². The van der Waals surface area contributed by atoms with Gasteiger partial charge in [-0.25, -0.2) is 0 Å². The van der Waals surface area contributed by atoms with Gasteiger partial charge >= 0.3 is 0 Å². The molecule has 0 bridgehead atoms. The lowest BCUT2D eigenvalue weighted by molar-refractivity contribution is 0.141. The van der Waals surface area contributed by atoms with Gasteiger partial charge in [0, 0.05) is 24.2 Å². The third-order valence-electron chi connectivity index (χ3n) is 5.68. The maximum atomic E-state index is 5.64. The van der Waals surface area contributed by atoms with Crippen molar-refractivity contribution in [3.05, 3.63) is 41.7 Å². The number of hydrogen-bond acceptors (Lipinski definition) is 4. The molecule has 25 heavy (non-hydrogen) atoms. The van der Waals surface area contributed by atoms with Gasteiger partial charge in [-0.15, -0.1) is 0 Å². The number of aromatic nitrogens is 1. The van der Waals surface area contributed by atoms with E-state index in [2.05, 4.69) is 52.2 Å². The Balaban J connectivity index is 1.38. The van der Waals surface area contributed by atoms with E-state index in [1.54, 1.807) is 0 Å². The average molecular weight is 339 g/mol. The lowest BCUT2D eigenvalue weighted by Crippen LogP contribution is -2.42. The fourth-order valence-corrected chi connectivity index (χ4v) is 4.20. The molecule has 4 rings (SSSR count). The summed E-state index contributed by atoms with van der Waals surface area (Å²) in [6.45, 7) is 7.96. The van der Waals surface area contributed by atoms with E-state index < -0.39 is 0 Å². The Labute approximate surface area is 150 Å². The van der Waals surface area contributed by atoms with Gasteiger partial charge in [-0.2, -0.15) is 0 Å². The van der Waals surface area contributed by atoms with Crippen LogP contribution in [0.4, 0.5) is 0 Å². The van der Waals surface area contributed by atoms with Crippen molar-refractivity contribution in [2.24, 2.45) is 0 Å². The second kappa shape index (κ2) is 7.71. The predicted octanol–water partition coefficient (Wildman–Crippen LogP) is 4.10. The standard InChI is InChI=1S/C21H29N3O/c1-17-7-9-18(10-8-17)21-14-20(25-22-21)16-24-13-5-6-19(24)15-23-11-3-2-4-12-23/h7-10,14,19H,2-6,11-13,15-16H2,1H3. The molecule has 0 spiro atoms. The highest BCUT2D eigenvalue weighted by Crippen LogP contribution is 2.25. The van der Waals surface area contributed by atoms with Gasteiger partial charge < -0.3 is 9.42 Å². The van der Waals surface area contributed by atoms with Crippen LogP contribution in [0.15, 0.2) is 34.9 Å². The van der Waals surface area contributed by atoms with Crippen molar-refractivity contribution in [1.82, 2.24) is 15.0 Å². The first-order valence-electron chi connectivity index (χ1n) is 9.77. The minimum absolute atomic E-state index is 0.672. The summed E-state index contributed by atoms with van der Waals surface area (Å²) in [7, 11) is 0. The summed E-state index contributed by atoms with van der Waals surface area (Å²) in [5, 5.41) is 4.29. The molecule has 0 saturated carbocycles. The molecule has 0 aliphatic carbocycles. The molecule has 2 aliphatic heterocycles. The van der Waals surface area contributed by atoms with Crippen LogP contribution in [0.2, 0.25) is 0 Å². The second-order valence-corrected chi connectivity index (χ2v) is 7.67. The summed E-state index contributed by atoms with van der Waals surface area (Å²) in [6.07, 6.45) is 6.77. The van der Waals surface area contributed by atoms with Crippen LogP contribution >= 0.6 is 0 Å². The van der Waals surface area contributed by atoms with Crippen molar-refractivity contribution < 1.29 is 4.52 Å². The molecular weight excluding hydrogens is 310 g/mol. The Hall–Kier alpha value is -1.65. The summed E-state index contributed by atoms with van der Waals surface area (Å²) in [4.78, 5) is 5.25. The molecule has 1 atom stereocenters. The quantitative estimate of drug-likeness (QED) is 0.821. The summed E-state index contributed by atoms with van der Waals surface area (Å²) in [5.41, 5.74) is 3.35.